The monoisotopic (exact) mass is 328 g/mol. The Kier molecular flexibility index (Phi) is 3.68. The number of hydrogen-bond donors (Lipinski definition) is 1. The van der Waals surface area contributed by atoms with Crippen molar-refractivity contribution in [1.29, 1.82) is 0 Å². The number of nitrogens with zero attached hydrogens (tertiary/aromatic N) is 1. The molecule has 0 radical (unpaired) electrons. The van der Waals surface area contributed by atoms with Crippen molar-refractivity contribution >= 4 is 27.5 Å². The van der Waals surface area contributed by atoms with E-state index in [4.69, 9.17) is 17.3 Å². The van der Waals surface area contributed by atoms with Crippen molar-refractivity contribution < 1.29 is 0 Å². The zero-order valence-corrected chi connectivity index (χ0v) is 12.6. The summed E-state index contributed by atoms with van der Waals surface area (Å²) < 4.78 is 1.03. The fraction of sp³-hybridized carbons (Fsp3) is 0.571. The number of piperidine rings is 1. The van der Waals surface area contributed by atoms with E-state index in [1.165, 1.54) is 24.8 Å². The number of nitrogens with two attached hydrogens (primary N) is 1. The predicted molar refractivity (Wildman–Crippen MR) is 78.8 cm³/mol. The molecule has 98 valence electrons. The number of rotatable bonds is 2. The smallest absolute Gasteiger partial charge is 0.0516 e. The van der Waals surface area contributed by atoms with Crippen molar-refractivity contribution in [3.8, 4) is 0 Å². The average Bonchev–Trinajstić information content (AvgIpc) is 3.14. The van der Waals surface area contributed by atoms with Gasteiger partial charge in [0.25, 0.3) is 0 Å². The predicted octanol–water partition coefficient (Wildman–Crippen LogP) is 3.73. The lowest BCUT2D eigenvalue weighted by atomic mass is 9.90. The molecule has 2 unspecified atom stereocenters. The molecule has 18 heavy (non-hydrogen) atoms. The van der Waals surface area contributed by atoms with Crippen LogP contribution in [-0.4, -0.2) is 23.5 Å². The van der Waals surface area contributed by atoms with E-state index in [9.17, 15) is 0 Å². The van der Waals surface area contributed by atoms with Gasteiger partial charge in [0, 0.05) is 21.6 Å². The van der Waals surface area contributed by atoms with E-state index in [0.29, 0.717) is 6.04 Å². The Balaban J connectivity index is 1.94. The molecule has 0 spiro atoms. The van der Waals surface area contributed by atoms with E-state index < -0.39 is 0 Å². The summed E-state index contributed by atoms with van der Waals surface area (Å²) in [6.45, 7) is 1.16. The quantitative estimate of drug-likeness (QED) is 0.896. The maximum Gasteiger partial charge on any atom is 0.0516 e. The van der Waals surface area contributed by atoms with Crippen molar-refractivity contribution in [2.75, 3.05) is 6.54 Å². The van der Waals surface area contributed by atoms with Gasteiger partial charge in [-0.05, 0) is 49.9 Å². The summed E-state index contributed by atoms with van der Waals surface area (Å²) in [5.41, 5.74) is 7.56. The van der Waals surface area contributed by atoms with E-state index in [1.807, 2.05) is 6.07 Å². The van der Waals surface area contributed by atoms with Crippen LogP contribution in [0.4, 0.5) is 0 Å². The van der Waals surface area contributed by atoms with Crippen molar-refractivity contribution in [2.45, 2.75) is 43.8 Å². The summed E-state index contributed by atoms with van der Waals surface area (Å²) in [6.07, 6.45) is 4.94. The van der Waals surface area contributed by atoms with Crippen LogP contribution in [0.3, 0.4) is 0 Å². The first kappa shape index (κ1) is 12.9. The van der Waals surface area contributed by atoms with Gasteiger partial charge in [0.05, 0.1) is 6.04 Å². The van der Waals surface area contributed by atoms with Gasteiger partial charge in [-0.15, -0.1) is 0 Å². The average molecular weight is 330 g/mol. The molecule has 2 aliphatic rings. The largest absolute Gasteiger partial charge is 0.326 e. The zero-order valence-electron chi connectivity index (χ0n) is 10.3. The Morgan fingerprint density at radius 2 is 2.06 bits per heavy atom. The van der Waals surface area contributed by atoms with Crippen LogP contribution in [0, 0.1) is 0 Å². The Morgan fingerprint density at radius 1 is 1.28 bits per heavy atom. The van der Waals surface area contributed by atoms with Gasteiger partial charge in [0.15, 0.2) is 0 Å². The normalized spacial score (nSPS) is 29.5. The highest BCUT2D eigenvalue weighted by Crippen LogP contribution is 2.41. The minimum Gasteiger partial charge on any atom is -0.326 e. The lowest BCUT2D eigenvalue weighted by Gasteiger charge is -2.40. The van der Waals surface area contributed by atoms with Crippen LogP contribution >= 0.6 is 27.5 Å². The summed E-state index contributed by atoms with van der Waals surface area (Å²) in [5.74, 6) is 0. The maximum atomic E-state index is 6.41. The van der Waals surface area contributed by atoms with Gasteiger partial charge < -0.3 is 5.73 Å². The fourth-order valence-corrected chi connectivity index (χ4v) is 3.80. The van der Waals surface area contributed by atoms with Crippen LogP contribution < -0.4 is 5.73 Å². The first-order chi connectivity index (χ1) is 8.66. The van der Waals surface area contributed by atoms with Gasteiger partial charge >= 0.3 is 0 Å². The standard InChI is InChI=1S/C14H18BrClN2/c15-9-3-6-11(12(16)8-9)14-13(17)2-1-7-18(14)10-4-5-10/h3,6,8,10,13-14H,1-2,4-5,7,17H2. The third-order valence-electron chi connectivity index (χ3n) is 4.01. The molecule has 1 heterocycles. The van der Waals surface area contributed by atoms with Crippen LogP contribution in [0.25, 0.3) is 0 Å². The summed E-state index contributed by atoms with van der Waals surface area (Å²) in [6, 6.07) is 7.40. The molecule has 2 atom stereocenters. The van der Waals surface area contributed by atoms with E-state index in [2.05, 4.69) is 33.0 Å². The van der Waals surface area contributed by atoms with Gasteiger partial charge in [0.2, 0.25) is 0 Å². The summed E-state index contributed by atoms with van der Waals surface area (Å²) in [4.78, 5) is 2.57. The molecule has 2 fully saturated rings. The Bertz CT molecular complexity index is 447. The fourth-order valence-electron chi connectivity index (χ4n) is 3.02. The third-order valence-corrected chi connectivity index (χ3v) is 4.83. The molecule has 1 saturated carbocycles. The molecule has 0 bridgehead atoms. The molecule has 1 aromatic carbocycles. The highest BCUT2D eigenvalue weighted by Gasteiger charge is 2.39. The van der Waals surface area contributed by atoms with E-state index in [0.717, 1.165) is 28.5 Å². The van der Waals surface area contributed by atoms with Crippen LogP contribution in [-0.2, 0) is 0 Å². The summed E-state index contributed by atoms with van der Waals surface area (Å²) >= 11 is 9.87. The van der Waals surface area contributed by atoms with Crippen LogP contribution in [0.5, 0.6) is 0 Å². The first-order valence-corrected chi connectivity index (χ1v) is 7.80. The van der Waals surface area contributed by atoms with Gasteiger partial charge in [-0.1, -0.05) is 33.6 Å². The van der Waals surface area contributed by atoms with Crippen molar-refractivity contribution in [2.24, 2.45) is 5.73 Å². The SMILES string of the molecule is NC1CCCN(C2CC2)C1c1ccc(Br)cc1Cl. The highest BCUT2D eigenvalue weighted by atomic mass is 79.9. The molecular weight excluding hydrogens is 312 g/mol. The lowest BCUT2D eigenvalue weighted by molar-refractivity contribution is 0.120. The summed E-state index contributed by atoms with van der Waals surface area (Å²) in [5, 5.41) is 0.831. The third kappa shape index (κ3) is 2.46. The van der Waals surface area contributed by atoms with Crippen molar-refractivity contribution in [3.63, 3.8) is 0 Å². The Labute approximate surface area is 122 Å². The molecule has 2 N–H and O–H groups in total. The lowest BCUT2D eigenvalue weighted by Crippen LogP contribution is -2.46. The van der Waals surface area contributed by atoms with Crippen LogP contribution in [0.1, 0.15) is 37.3 Å². The molecule has 2 nitrogen and oxygen atoms in total. The van der Waals surface area contributed by atoms with Crippen molar-refractivity contribution in [3.05, 3.63) is 33.3 Å². The first-order valence-electron chi connectivity index (χ1n) is 6.63. The number of hydrogen-bond acceptors (Lipinski definition) is 2. The highest BCUT2D eigenvalue weighted by molar-refractivity contribution is 9.10. The molecule has 1 saturated heterocycles. The zero-order chi connectivity index (χ0) is 12.7. The molecule has 0 amide bonds. The Hall–Kier alpha value is -0.0900. The maximum absolute atomic E-state index is 6.41. The topological polar surface area (TPSA) is 29.3 Å². The number of halogens is 2. The van der Waals surface area contributed by atoms with Crippen molar-refractivity contribution in [1.82, 2.24) is 4.90 Å². The minimum absolute atomic E-state index is 0.207. The number of likely N-dealkylation sites (tertiary alicyclic amines) is 1. The van der Waals surface area contributed by atoms with Gasteiger partial charge in [-0.25, -0.2) is 0 Å². The minimum atomic E-state index is 0.207. The second-order valence-corrected chi connectivity index (χ2v) is 6.71. The van der Waals surface area contributed by atoms with Gasteiger partial charge in [-0.3, -0.25) is 4.90 Å². The summed E-state index contributed by atoms with van der Waals surface area (Å²) in [7, 11) is 0. The van der Waals surface area contributed by atoms with Crippen LogP contribution in [0.2, 0.25) is 5.02 Å². The van der Waals surface area contributed by atoms with E-state index >= 15 is 0 Å². The molecule has 0 aromatic heterocycles. The van der Waals surface area contributed by atoms with Gasteiger partial charge in [-0.2, -0.15) is 0 Å². The second-order valence-electron chi connectivity index (χ2n) is 5.39. The molecule has 4 heteroatoms. The Morgan fingerprint density at radius 3 is 2.72 bits per heavy atom. The second kappa shape index (κ2) is 5.12. The molecule has 1 aliphatic heterocycles. The van der Waals surface area contributed by atoms with E-state index in [1.54, 1.807) is 0 Å². The molecule has 1 aromatic rings. The molecular formula is C14H18BrClN2. The number of benzene rings is 1. The van der Waals surface area contributed by atoms with Gasteiger partial charge in [0.1, 0.15) is 0 Å². The van der Waals surface area contributed by atoms with Crippen LogP contribution in [0.15, 0.2) is 22.7 Å². The molecule has 1 aliphatic carbocycles. The van der Waals surface area contributed by atoms with E-state index in [-0.39, 0.29) is 6.04 Å². The molecule has 3 rings (SSSR count).